The Balaban J connectivity index is 1.73. The Morgan fingerprint density at radius 1 is 0.625 bits per heavy atom. The Morgan fingerprint density at radius 3 is 1.77 bits per heavy atom. The van der Waals surface area contributed by atoms with E-state index in [4.69, 9.17) is 9.92 Å². The van der Waals surface area contributed by atoms with Crippen LogP contribution in [0, 0.1) is 13.8 Å². The van der Waals surface area contributed by atoms with E-state index >= 15 is 0 Å². The highest BCUT2D eigenvalue weighted by Gasteiger charge is 2.27. The molecule has 0 spiro atoms. The highest BCUT2D eigenvalue weighted by Crippen LogP contribution is 2.43. The van der Waals surface area contributed by atoms with Crippen molar-refractivity contribution in [2.45, 2.75) is 33.4 Å². The second-order valence-corrected chi connectivity index (χ2v) is 16.1. The topological polar surface area (TPSA) is 277 Å². The maximum atomic E-state index is 13.1. The minimum Gasteiger partial charge on any atom is -0.507 e. The summed E-state index contributed by atoms with van der Waals surface area (Å²) in [7, 11) is -19.8. The minimum atomic E-state index is -5.31. The molecule has 6 N–H and O–H groups in total. The number of aryl methyl sites for hydroxylation is 2. The van der Waals surface area contributed by atoms with Crippen LogP contribution in [0.5, 0.6) is 11.5 Å². The zero-order chi connectivity index (χ0) is 35.6. The van der Waals surface area contributed by atoms with Crippen molar-refractivity contribution >= 4 is 79.1 Å². The maximum Gasteiger partial charge on any atom is 0.339 e. The van der Waals surface area contributed by atoms with Gasteiger partial charge in [0.2, 0.25) is 0 Å². The molecule has 0 saturated heterocycles. The molecule has 0 aromatic heterocycles. The first-order chi connectivity index (χ1) is 22.1. The van der Waals surface area contributed by atoms with Gasteiger partial charge >= 0.3 is 10.1 Å². The fraction of sp³-hybridized carbons (Fsp3) is 0.0714. The average Bonchev–Trinajstić information content (AvgIpc) is 2.96. The van der Waals surface area contributed by atoms with Crippen molar-refractivity contribution in [3.05, 3.63) is 77.9 Å². The van der Waals surface area contributed by atoms with E-state index < -0.39 is 77.7 Å². The van der Waals surface area contributed by atoms with E-state index in [1.54, 1.807) is 6.92 Å². The van der Waals surface area contributed by atoms with Gasteiger partial charge < -0.3 is 15.0 Å². The number of benzene rings is 5. The van der Waals surface area contributed by atoms with Crippen molar-refractivity contribution in [3.63, 3.8) is 0 Å². The number of hydrogen-bond donors (Lipinski definition) is 5. The number of nitrogens with zero attached hydrogens (tertiary/aromatic N) is 2. The predicted octanol–water partition coefficient (Wildman–Crippen LogP) is 4.82. The molecule has 0 saturated carbocycles. The quantitative estimate of drug-likeness (QED) is 0.0618. The van der Waals surface area contributed by atoms with E-state index in [-0.39, 0.29) is 38.0 Å². The molecule has 16 nitrogen and oxygen atoms in total. The molecule has 0 atom stereocenters. The van der Waals surface area contributed by atoms with E-state index in [2.05, 4.69) is 10.2 Å². The Bertz CT molecular complexity index is 2660. The van der Waals surface area contributed by atoms with E-state index in [9.17, 15) is 52.4 Å². The van der Waals surface area contributed by atoms with Crippen LogP contribution in [0.15, 0.2) is 96.5 Å². The third-order valence-electron chi connectivity index (χ3n) is 7.04. The van der Waals surface area contributed by atoms with E-state index in [0.29, 0.717) is 12.1 Å². The van der Waals surface area contributed by atoms with Gasteiger partial charge in [0, 0.05) is 28.3 Å². The van der Waals surface area contributed by atoms with E-state index in [1.807, 2.05) is 0 Å². The molecule has 0 aliphatic rings. The Labute approximate surface area is 273 Å². The fourth-order valence-corrected chi connectivity index (χ4v) is 7.61. The Kier molecular flexibility index (Phi) is 8.49. The van der Waals surface area contributed by atoms with Gasteiger partial charge in [-0.3, -0.25) is 13.7 Å². The summed E-state index contributed by atoms with van der Waals surface area (Å²) in [6.07, 6.45) is 0. The van der Waals surface area contributed by atoms with Crippen LogP contribution in [0.1, 0.15) is 11.1 Å². The molecular weight excluding hydrogens is 715 g/mol. The highest BCUT2D eigenvalue weighted by molar-refractivity contribution is 7.87. The largest absolute Gasteiger partial charge is 0.507 e. The van der Waals surface area contributed by atoms with Gasteiger partial charge in [0.1, 0.15) is 26.9 Å². The molecule has 0 bridgehead atoms. The number of rotatable bonds is 8. The van der Waals surface area contributed by atoms with E-state index in [1.165, 1.54) is 37.3 Å². The SMILES string of the molecule is Cc1ccc(S(=O)(=O)Oc2cc(S(=O)(=O)O)cc3c(S(=O)(=O)O)c(N=Nc4cc(C)c5cc(S(=O)(=O)O)cc(O)c5c4N)ccc23)cc1. The molecule has 0 heterocycles. The standard InChI is InChI=1S/C28H23N3O13S4/c1-14-3-5-16(6-4-14)48(42,43)44-25-13-18(46(36,37)38)11-21-19(25)7-8-22(28(21)47(39,40)41)30-31-23-9-15(2)20-10-17(45(33,34)35)12-24(32)26(20)27(23)29/h3-13,32H,29H2,1-2H3,(H,33,34,35)(H,36,37,38)(H,39,40,41). The maximum absolute atomic E-state index is 13.1. The number of azo groups is 1. The summed E-state index contributed by atoms with van der Waals surface area (Å²) in [6, 6.07) is 11.9. The van der Waals surface area contributed by atoms with Crippen LogP contribution in [-0.2, 0) is 40.5 Å². The molecule has 20 heteroatoms. The summed E-state index contributed by atoms with van der Waals surface area (Å²) in [4.78, 5) is -2.99. The lowest BCUT2D eigenvalue weighted by atomic mass is 10.0. The predicted molar refractivity (Wildman–Crippen MR) is 171 cm³/mol. The lowest BCUT2D eigenvalue weighted by Gasteiger charge is -2.14. The molecule has 48 heavy (non-hydrogen) atoms. The first kappa shape index (κ1) is 34.6. The van der Waals surface area contributed by atoms with Gasteiger partial charge in [0.05, 0.1) is 15.5 Å². The fourth-order valence-electron chi connectivity index (χ4n) is 4.80. The van der Waals surface area contributed by atoms with Crippen molar-refractivity contribution in [2.75, 3.05) is 5.73 Å². The van der Waals surface area contributed by atoms with Gasteiger partial charge in [-0.15, -0.1) is 10.2 Å². The number of fused-ring (bicyclic) bond motifs is 2. The molecule has 0 fully saturated rings. The van der Waals surface area contributed by atoms with Crippen LogP contribution in [-0.4, -0.2) is 52.4 Å². The minimum absolute atomic E-state index is 0.0840. The molecule has 0 radical (unpaired) electrons. The van der Waals surface area contributed by atoms with Crippen LogP contribution in [0.25, 0.3) is 21.5 Å². The van der Waals surface area contributed by atoms with Crippen molar-refractivity contribution in [3.8, 4) is 11.5 Å². The van der Waals surface area contributed by atoms with Crippen molar-refractivity contribution in [1.82, 2.24) is 0 Å². The Morgan fingerprint density at radius 2 is 1.19 bits per heavy atom. The molecule has 5 aromatic carbocycles. The molecule has 0 aliphatic heterocycles. The van der Waals surface area contributed by atoms with Gasteiger partial charge in [0.15, 0.2) is 5.75 Å². The number of nitrogens with two attached hydrogens (primary N) is 1. The van der Waals surface area contributed by atoms with Gasteiger partial charge in [-0.2, -0.15) is 33.7 Å². The number of nitrogen functional groups attached to an aromatic ring is 1. The molecule has 0 unspecified atom stereocenters. The lowest BCUT2D eigenvalue weighted by Crippen LogP contribution is -2.11. The second kappa shape index (κ2) is 11.8. The number of anilines is 1. The summed E-state index contributed by atoms with van der Waals surface area (Å²) in [5, 5.41) is 17.4. The zero-order valence-electron chi connectivity index (χ0n) is 24.4. The smallest absolute Gasteiger partial charge is 0.339 e. The first-order valence-electron chi connectivity index (χ1n) is 13.1. The normalized spacial score (nSPS) is 13.0. The molecule has 252 valence electrons. The van der Waals surface area contributed by atoms with Gasteiger partial charge in [-0.05, 0) is 67.3 Å². The van der Waals surface area contributed by atoms with Crippen LogP contribution in [0.3, 0.4) is 0 Å². The number of hydrogen-bond acceptors (Lipinski definition) is 13. The number of phenols is 1. The number of phenolic OH excluding ortho intramolecular Hbond substituents is 1. The highest BCUT2D eigenvalue weighted by atomic mass is 32.2. The molecule has 0 aliphatic carbocycles. The van der Waals surface area contributed by atoms with Crippen LogP contribution < -0.4 is 9.92 Å². The van der Waals surface area contributed by atoms with Crippen molar-refractivity contribution in [1.29, 1.82) is 0 Å². The van der Waals surface area contributed by atoms with Gasteiger partial charge in [-0.25, -0.2) is 0 Å². The summed E-state index contributed by atoms with van der Waals surface area (Å²) in [6.45, 7) is 3.18. The second-order valence-electron chi connectivity index (χ2n) is 10.4. The first-order valence-corrected chi connectivity index (χ1v) is 18.8. The monoisotopic (exact) mass is 737 g/mol. The van der Waals surface area contributed by atoms with Crippen LogP contribution >= 0.6 is 0 Å². The summed E-state index contributed by atoms with van der Waals surface area (Å²) < 4.78 is 134. The Hall–Kier alpha value is -4.70. The molecule has 5 rings (SSSR count). The molecule has 0 amide bonds. The third-order valence-corrected chi connectivity index (χ3v) is 10.9. The average molecular weight is 738 g/mol. The van der Waals surface area contributed by atoms with Crippen molar-refractivity contribution in [2.24, 2.45) is 10.2 Å². The summed E-state index contributed by atoms with van der Waals surface area (Å²) in [5.41, 5.74) is 6.15. The molecule has 5 aromatic rings. The van der Waals surface area contributed by atoms with Crippen LogP contribution in [0.2, 0.25) is 0 Å². The van der Waals surface area contributed by atoms with Gasteiger partial charge in [-0.1, -0.05) is 17.7 Å². The zero-order valence-corrected chi connectivity index (χ0v) is 27.7. The summed E-state index contributed by atoms with van der Waals surface area (Å²) >= 11 is 0. The molecular formula is C28H23N3O13S4. The van der Waals surface area contributed by atoms with Crippen LogP contribution in [0.4, 0.5) is 17.1 Å². The summed E-state index contributed by atoms with van der Waals surface area (Å²) in [5.74, 6) is -1.36. The van der Waals surface area contributed by atoms with E-state index in [0.717, 1.165) is 29.8 Å². The van der Waals surface area contributed by atoms with Gasteiger partial charge in [0.25, 0.3) is 30.4 Å². The number of aromatic hydroxyl groups is 1. The lowest BCUT2D eigenvalue weighted by molar-refractivity contribution is 0.471. The third kappa shape index (κ3) is 6.67. The van der Waals surface area contributed by atoms with Crippen molar-refractivity contribution < 1.29 is 56.6 Å².